The van der Waals surface area contributed by atoms with E-state index in [2.05, 4.69) is 15.6 Å². The minimum absolute atomic E-state index is 0.0822. The quantitative estimate of drug-likeness (QED) is 0.305. The number of hydrogen-bond donors (Lipinski definition) is 2. The van der Waals surface area contributed by atoms with Crippen LogP contribution >= 0.6 is 0 Å². The number of carbonyl (C=O) groups is 4. The Labute approximate surface area is 249 Å². The molecule has 2 amide bonds. The third kappa shape index (κ3) is 14.4. The highest BCUT2D eigenvalue weighted by molar-refractivity contribution is 5.83. The molecule has 0 unspecified atom stereocenters. The predicted molar refractivity (Wildman–Crippen MR) is 156 cm³/mol. The lowest BCUT2D eigenvalue weighted by Gasteiger charge is -2.28. The first kappa shape index (κ1) is 36.5. The van der Waals surface area contributed by atoms with E-state index in [1.54, 1.807) is 83.1 Å². The summed E-state index contributed by atoms with van der Waals surface area (Å²) in [5.41, 5.74) is -2.37. The maximum absolute atomic E-state index is 13.2. The van der Waals surface area contributed by atoms with Gasteiger partial charge in [-0.3, -0.25) is 4.98 Å². The number of carbonyl (C=O) groups excluding carboxylic acids is 4. The molecule has 0 saturated heterocycles. The molecule has 0 spiro atoms. The maximum Gasteiger partial charge on any atom is 0.408 e. The molecule has 238 valence electrons. The van der Waals surface area contributed by atoms with E-state index in [-0.39, 0.29) is 12.8 Å². The van der Waals surface area contributed by atoms with E-state index in [0.717, 1.165) is 0 Å². The molecule has 0 aliphatic rings. The number of amides is 2. The molecule has 1 heterocycles. The number of esters is 2. The van der Waals surface area contributed by atoms with Crippen molar-refractivity contribution in [3.8, 4) is 5.75 Å². The first-order valence-corrected chi connectivity index (χ1v) is 13.8. The van der Waals surface area contributed by atoms with Crippen LogP contribution < -0.4 is 15.4 Å². The molecule has 0 aliphatic carbocycles. The summed E-state index contributed by atoms with van der Waals surface area (Å²) in [6.07, 6.45) is 1.14. The highest BCUT2D eigenvalue weighted by Crippen LogP contribution is 2.26. The van der Waals surface area contributed by atoms with E-state index in [1.807, 2.05) is 0 Å². The summed E-state index contributed by atoms with van der Waals surface area (Å²) in [6, 6.07) is -2.36. The number of methoxy groups -OCH3 is 1. The molecule has 0 bridgehead atoms. The van der Waals surface area contributed by atoms with E-state index < -0.39 is 58.6 Å². The number of ether oxygens (including phenoxy) is 5. The number of alkyl carbamates (subject to hydrolysis) is 2. The van der Waals surface area contributed by atoms with Crippen molar-refractivity contribution in [3.05, 3.63) is 23.5 Å². The number of nitrogens with one attached hydrogen (secondary N) is 2. The molecule has 0 aromatic carbocycles. The van der Waals surface area contributed by atoms with Gasteiger partial charge in [-0.05, 0) is 88.6 Å². The zero-order valence-corrected chi connectivity index (χ0v) is 27.3. The van der Waals surface area contributed by atoms with Gasteiger partial charge >= 0.3 is 24.1 Å². The van der Waals surface area contributed by atoms with Gasteiger partial charge < -0.3 is 34.3 Å². The van der Waals surface area contributed by atoms with E-state index in [1.165, 1.54) is 19.5 Å². The average molecular weight is 596 g/mol. The van der Waals surface area contributed by atoms with Gasteiger partial charge in [0.15, 0.2) is 0 Å². The maximum atomic E-state index is 13.2. The van der Waals surface area contributed by atoms with Gasteiger partial charge in [0.2, 0.25) is 0 Å². The monoisotopic (exact) mass is 595 g/mol. The average Bonchev–Trinajstić information content (AvgIpc) is 2.74. The molecule has 1 aromatic heterocycles. The van der Waals surface area contributed by atoms with Gasteiger partial charge in [-0.25, -0.2) is 19.2 Å². The summed E-state index contributed by atoms with van der Waals surface area (Å²) in [4.78, 5) is 56.0. The zero-order chi connectivity index (χ0) is 32.7. The van der Waals surface area contributed by atoms with Crippen molar-refractivity contribution < 1.29 is 42.9 Å². The zero-order valence-electron chi connectivity index (χ0n) is 27.3. The van der Waals surface area contributed by atoms with E-state index >= 15 is 0 Å². The summed E-state index contributed by atoms with van der Waals surface area (Å²) < 4.78 is 27.4. The number of hydrogen-bond acceptors (Lipinski definition) is 10. The Balaban J connectivity index is 3.53. The normalized spacial score (nSPS) is 13.7. The lowest BCUT2D eigenvalue weighted by molar-refractivity contribution is -0.158. The predicted octanol–water partition coefficient (Wildman–Crippen LogP) is 4.65. The highest BCUT2D eigenvalue weighted by atomic mass is 16.6. The number of rotatable bonds is 9. The van der Waals surface area contributed by atoms with E-state index in [9.17, 15) is 19.2 Å². The molecule has 0 radical (unpaired) electrons. The smallest absolute Gasteiger partial charge is 0.408 e. The van der Waals surface area contributed by atoms with Crippen LogP contribution in [0.25, 0.3) is 0 Å². The molecular weight excluding hydrogens is 546 g/mol. The topological polar surface area (TPSA) is 151 Å². The van der Waals surface area contributed by atoms with Gasteiger partial charge in [0.05, 0.1) is 13.3 Å². The SMILES string of the molecule is COc1cncc(C[C@@H](NC(=O)OC(C)(C)C)C(=O)OC(C)(C)C)c1C[C@@H](NC(=O)OC(C)(C)C)C(=O)OC(C)(C)C. The van der Waals surface area contributed by atoms with Crippen LogP contribution in [-0.4, -0.2) is 70.7 Å². The third-order valence-corrected chi connectivity index (χ3v) is 4.92. The van der Waals surface area contributed by atoms with Crippen LogP contribution in [0.2, 0.25) is 0 Å². The molecule has 1 aromatic rings. The van der Waals surface area contributed by atoms with Gasteiger partial charge in [0, 0.05) is 24.6 Å². The molecule has 0 saturated carbocycles. The molecule has 0 aliphatic heterocycles. The highest BCUT2D eigenvalue weighted by Gasteiger charge is 2.33. The Bertz CT molecular complexity index is 1110. The largest absolute Gasteiger partial charge is 0.495 e. The van der Waals surface area contributed by atoms with Gasteiger partial charge in [0.25, 0.3) is 0 Å². The van der Waals surface area contributed by atoms with E-state index in [4.69, 9.17) is 23.7 Å². The molecule has 2 atom stereocenters. The van der Waals surface area contributed by atoms with Gasteiger partial charge in [-0.2, -0.15) is 0 Å². The second kappa shape index (κ2) is 14.1. The summed E-state index contributed by atoms with van der Waals surface area (Å²) in [6.45, 7) is 20.5. The standard InChI is InChI=1S/C30H49N3O9/c1-27(2,3)39-23(34)20(32-25(36)41-29(7,8)9)14-18-16-31-17-22(38-13)19(18)15-21(24(35)40-28(4,5)6)33-26(37)42-30(10,11)12/h16-17,20-21H,14-15H2,1-13H3,(H,32,36)(H,33,37)/t20-,21-/m1/s1. The lowest BCUT2D eigenvalue weighted by Crippen LogP contribution is -2.48. The fraction of sp³-hybridized carbons (Fsp3) is 0.700. The number of pyridine rings is 1. The van der Waals surface area contributed by atoms with Crippen LogP contribution in [0.1, 0.15) is 94.2 Å². The molecule has 2 N–H and O–H groups in total. The summed E-state index contributed by atoms with van der Waals surface area (Å²) in [5.74, 6) is -1.10. The van der Waals surface area contributed by atoms with Crippen molar-refractivity contribution in [1.29, 1.82) is 0 Å². The van der Waals surface area contributed by atoms with Crippen molar-refractivity contribution in [2.45, 2.75) is 130 Å². The Hall–Kier alpha value is -3.57. The number of aromatic nitrogens is 1. The molecule has 0 fully saturated rings. The molecular formula is C30H49N3O9. The first-order chi connectivity index (χ1) is 18.9. The van der Waals surface area contributed by atoms with Crippen molar-refractivity contribution in [3.63, 3.8) is 0 Å². The summed E-state index contributed by atoms with van der Waals surface area (Å²) in [5, 5.41) is 5.18. The summed E-state index contributed by atoms with van der Waals surface area (Å²) >= 11 is 0. The van der Waals surface area contributed by atoms with Crippen LogP contribution in [0.4, 0.5) is 9.59 Å². The van der Waals surface area contributed by atoms with Crippen LogP contribution in [0.15, 0.2) is 12.4 Å². The molecule has 12 nitrogen and oxygen atoms in total. The van der Waals surface area contributed by atoms with Crippen molar-refractivity contribution in [2.75, 3.05) is 7.11 Å². The molecule has 1 rings (SSSR count). The van der Waals surface area contributed by atoms with Crippen molar-refractivity contribution in [1.82, 2.24) is 15.6 Å². The Morgan fingerprint density at radius 1 is 0.643 bits per heavy atom. The Morgan fingerprint density at radius 2 is 1.02 bits per heavy atom. The third-order valence-electron chi connectivity index (χ3n) is 4.92. The minimum atomic E-state index is -1.19. The Kier molecular flexibility index (Phi) is 12.2. The second-order valence-electron chi connectivity index (χ2n) is 13.9. The number of nitrogens with zero attached hydrogens (tertiary/aromatic N) is 1. The van der Waals surface area contributed by atoms with Crippen molar-refractivity contribution >= 4 is 24.1 Å². The van der Waals surface area contributed by atoms with Crippen LogP contribution in [0.3, 0.4) is 0 Å². The van der Waals surface area contributed by atoms with Gasteiger partial charge in [-0.1, -0.05) is 0 Å². The lowest BCUT2D eigenvalue weighted by atomic mass is 9.96. The molecule has 12 heteroatoms. The van der Waals surface area contributed by atoms with Gasteiger partial charge in [0.1, 0.15) is 40.2 Å². The minimum Gasteiger partial charge on any atom is -0.495 e. The fourth-order valence-corrected chi connectivity index (χ4v) is 3.55. The van der Waals surface area contributed by atoms with Crippen LogP contribution in [-0.2, 0) is 41.4 Å². The second-order valence-corrected chi connectivity index (χ2v) is 13.9. The molecule has 42 heavy (non-hydrogen) atoms. The first-order valence-electron chi connectivity index (χ1n) is 13.8. The van der Waals surface area contributed by atoms with Crippen molar-refractivity contribution in [2.24, 2.45) is 0 Å². The van der Waals surface area contributed by atoms with E-state index in [0.29, 0.717) is 16.9 Å². The Morgan fingerprint density at radius 3 is 1.38 bits per heavy atom. The van der Waals surface area contributed by atoms with Crippen LogP contribution in [0, 0.1) is 0 Å². The van der Waals surface area contributed by atoms with Gasteiger partial charge in [-0.15, -0.1) is 0 Å². The van der Waals surface area contributed by atoms with Crippen LogP contribution in [0.5, 0.6) is 5.75 Å². The summed E-state index contributed by atoms with van der Waals surface area (Å²) in [7, 11) is 1.43. The fourth-order valence-electron chi connectivity index (χ4n) is 3.55.